The number of para-hydroxylation sites is 1. The fraction of sp³-hybridized carbons (Fsp3) is 0.519. The molecule has 0 aliphatic rings. The predicted molar refractivity (Wildman–Crippen MR) is 139 cm³/mol. The van der Waals surface area contributed by atoms with Crippen molar-refractivity contribution in [3.63, 3.8) is 0 Å². The molecule has 7 heteroatoms. The summed E-state index contributed by atoms with van der Waals surface area (Å²) in [5.74, 6) is 3.03. The molecule has 0 bridgehead atoms. The number of methoxy groups -OCH3 is 4. The molecular formula is C27H39ClN2O4. The fourth-order valence-corrected chi connectivity index (χ4v) is 4.33. The molecular weight excluding hydrogens is 452 g/mol. The Morgan fingerprint density at radius 2 is 1.59 bits per heavy atom. The van der Waals surface area contributed by atoms with Crippen LogP contribution >= 0.6 is 12.4 Å². The van der Waals surface area contributed by atoms with Crippen molar-refractivity contribution in [2.45, 2.75) is 38.5 Å². The Kier molecular flexibility index (Phi) is 12.1. The minimum absolute atomic E-state index is 0. The van der Waals surface area contributed by atoms with Gasteiger partial charge in [-0.2, -0.15) is 5.26 Å². The lowest BCUT2D eigenvalue weighted by Crippen LogP contribution is -2.32. The zero-order valence-electron chi connectivity index (χ0n) is 21.5. The van der Waals surface area contributed by atoms with Gasteiger partial charge in [0.1, 0.15) is 0 Å². The van der Waals surface area contributed by atoms with Crippen LogP contribution in [0.2, 0.25) is 0 Å². The van der Waals surface area contributed by atoms with Gasteiger partial charge in [0, 0.05) is 6.54 Å². The van der Waals surface area contributed by atoms with Crippen molar-refractivity contribution in [3.05, 3.63) is 47.5 Å². The van der Waals surface area contributed by atoms with Gasteiger partial charge in [-0.3, -0.25) is 0 Å². The Bertz CT molecular complexity index is 945. The molecule has 0 N–H and O–H groups in total. The number of halogens is 1. The second-order valence-corrected chi connectivity index (χ2v) is 8.62. The van der Waals surface area contributed by atoms with E-state index in [-0.39, 0.29) is 18.3 Å². The van der Waals surface area contributed by atoms with Crippen molar-refractivity contribution in [3.8, 4) is 29.1 Å². The van der Waals surface area contributed by atoms with Gasteiger partial charge in [0.2, 0.25) is 0 Å². The highest BCUT2D eigenvalue weighted by Gasteiger charge is 2.36. The summed E-state index contributed by atoms with van der Waals surface area (Å²) in [5, 5.41) is 10.3. The van der Waals surface area contributed by atoms with Crippen molar-refractivity contribution >= 4 is 12.4 Å². The molecule has 0 aliphatic heterocycles. The van der Waals surface area contributed by atoms with E-state index in [9.17, 15) is 5.26 Å². The Morgan fingerprint density at radius 1 is 0.912 bits per heavy atom. The van der Waals surface area contributed by atoms with Gasteiger partial charge in [0.15, 0.2) is 23.0 Å². The van der Waals surface area contributed by atoms with E-state index >= 15 is 0 Å². The van der Waals surface area contributed by atoms with Gasteiger partial charge in [0.25, 0.3) is 0 Å². The van der Waals surface area contributed by atoms with Crippen molar-refractivity contribution in [1.82, 2.24) is 4.90 Å². The zero-order chi connectivity index (χ0) is 24.4. The van der Waals surface area contributed by atoms with Gasteiger partial charge in [-0.25, -0.2) is 0 Å². The molecule has 0 heterocycles. The molecule has 0 amide bonds. The Hall–Kier alpha value is -2.62. The largest absolute Gasteiger partial charge is 0.493 e. The van der Waals surface area contributed by atoms with Crippen LogP contribution in [-0.4, -0.2) is 53.5 Å². The van der Waals surface area contributed by atoms with Gasteiger partial charge in [-0.15, -0.1) is 12.4 Å². The normalized spacial score (nSPS) is 12.5. The second-order valence-electron chi connectivity index (χ2n) is 8.62. The van der Waals surface area contributed by atoms with Crippen LogP contribution in [0.1, 0.15) is 37.8 Å². The molecule has 2 rings (SSSR count). The third kappa shape index (κ3) is 6.71. The van der Waals surface area contributed by atoms with Crippen molar-refractivity contribution < 1.29 is 18.9 Å². The smallest absolute Gasteiger partial charge is 0.163 e. The number of ether oxygens (including phenoxy) is 4. The summed E-state index contributed by atoms with van der Waals surface area (Å²) in [6.07, 6.45) is 2.54. The summed E-state index contributed by atoms with van der Waals surface area (Å²) in [6.45, 7) is 6.01. The first-order valence-electron chi connectivity index (χ1n) is 11.4. The van der Waals surface area contributed by atoms with Crippen LogP contribution in [0.25, 0.3) is 0 Å². The summed E-state index contributed by atoms with van der Waals surface area (Å²) in [5.41, 5.74) is 1.51. The Balaban J connectivity index is 0.00000578. The molecule has 0 radical (unpaired) electrons. The number of nitrogens with zero attached hydrogens (tertiary/aromatic N) is 2. The molecule has 0 aliphatic carbocycles. The number of likely N-dealkylation sites (N-methyl/N-ethyl adjacent to an activating group) is 1. The molecule has 0 saturated carbocycles. The van der Waals surface area contributed by atoms with E-state index in [1.54, 1.807) is 28.4 Å². The first-order valence-corrected chi connectivity index (χ1v) is 11.4. The van der Waals surface area contributed by atoms with E-state index in [1.165, 1.54) is 0 Å². The van der Waals surface area contributed by atoms with Crippen molar-refractivity contribution in [2.75, 3.05) is 48.6 Å². The molecule has 6 nitrogen and oxygen atoms in total. The highest BCUT2D eigenvalue weighted by atomic mass is 35.5. The standard InChI is InChI=1S/C27H38N2O4.ClH/c1-20(2)27(19-28,22-12-13-23(30-4)25(18-22)32-6)15-9-16-29(3)17-14-21-10-8-11-24(31-5)26(21)33-7;/h8,10-13,18,20H,9,14-17H2,1-7H3;1H/t27-;/m0./s1. The van der Waals surface area contributed by atoms with Crippen LogP contribution in [0.15, 0.2) is 36.4 Å². The maximum absolute atomic E-state index is 10.3. The quantitative estimate of drug-likeness (QED) is 0.368. The highest BCUT2D eigenvalue weighted by Crippen LogP contribution is 2.40. The SMILES string of the molecule is COc1ccc([C@](C#N)(CCCN(C)CCc2cccc(OC)c2OC)C(C)C)cc1OC.Cl. The summed E-state index contributed by atoms with van der Waals surface area (Å²) in [4.78, 5) is 2.30. The van der Waals surface area contributed by atoms with Crippen LogP contribution in [0.5, 0.6) is 23.0 Å². The molecule has 0 saturated heterocycles. The molecule has 2 aromatic rings. The first-order chi connectivity index (χ1) is 15.9. The van der Waals surface area contributed by atoms with Crippen LogP contribution in [0, 0.1) is 17.2 Å². The molecule has 0 spiro atoms. The lowest BCUT2D eigenvalue weighted by atomic mass is 9.69. The number of benzene rings is 2. The summed E-state index contributed by atoms with van der Waals surface area (Å²) < 4.78 is 21.8. The van der Waals surface area contributed by atoms with Gasteiger partial charge in [-0.05, 0) is 68.1 Å². The second kappa shape index (κ2) is 13.9. The van der Waals surface area contributed by atoms with E-state index in [0.717, 1.165) is 55.0 Å². The van der Waals surface area contributed by atoms with Crippen LogP contribution in [0.3, 0.4) is 0 Å². The number of hydrogen-bond acceptors (Lipinski definition) is 6. The average Bonchev–Trinajstić information content (AvgIpc) is 2.84. The topological polar surface area (TPSA) is 64.0 Å². The molecule has 1 atom stereocenters. The number of rotatable bonds is 13. The van der Waals surface area contributed by atoms with E-state index in [4.69, 9.17) is 18.9 Å². The molecule has 2 aromatic carbocycles. The third-order valence-corrected chi connectivity index (χ3v) is 6.44. The lowest BCUT2D eigenvalue weighted by Gasteiger charge is -2.32. The fourth-order valence-electron chi connectivity index (χ4n) is 4.33. The summed E-state index contributed by atoms with van der Waals surface area (Å²) in [7, 11) is 8.69. The van der Waals surface area contributed by atoms with Gasteiger partial charge < -0.3 is 23.8 Å². The molecule has 0 fully saturated rings. The minimum atomic E-state index is -0.587. The number of nitriles is 1. The van der Waals surface area contributed by atoms with Gasteiger partial charge in [-0.1, -0.05) is 32.0 Å². The zero-order valence-corrected chi connectivity index (χ0v) is 22.3. The van der Waals surface area contributed by atoms with Crippen LogP contribution < -0.4 is 18.9 Å². The molecule has 188 valence electrons. The summed E-state index contributed by atoms with van der Waals surface area (Å²) >= 11 is 0. The van der Waals surface area contributed by atoms with E-state index in [2.05, 4.69) is 37.9 Å². The van der Waals surface area contributed by atoms with Gasteiger partial charge in [0.05, 0.1) is 39.9 Å². The minimum Gasteiger partial charge on any atom is -0.493 e. The Labute approximate surface area is 211 Å². The number of hydrogen-bond donors (Lipinski definition) is 0. The third-order valence-electron chi connectivity index (χ3n) is 6.44. The van der Waals surface area contributed by atoms with Crippen LogP contribution in [-0.2, 0) is 11.8 Å². The molecule has 0 unspecified atom stereocenters. The lowest BCUT2D eigenvalue weighted by molar-refractivity contribution is 0.291. The van der Waals surface area contributed by atoms with E-state index in [1.807, 2.05) is 30.3 Å². The molecule has 34 heavy (non-hydrogen) atoms. The monoisotopic (exact) mass is 490 g/mol. The Morgan fingerprint density at radius 3 is 2.15 bits per heavy atom. The average molecular weight is 491 g/mol. The molecule has 0 aromatic heterocycles. The van der Waals surface area contributed by atoms with Crippen LogP contribution in [0.4, 0.5) is 0 Å². The van der Waals surface area contributed by atoms with Crippen molar-refractivity contribution in [1.29, 1.82) is 5.26 Å². The predicted octanol–water partition coefficient (Wildman–Crippen LogP) is 5.51. The van der Waals surface area contributed by atoms with Crippen molar-refractivity contribution in [2.24, 2.45) is 5.92 Å². The highest BCUT2D eigenvalue weighted by molar-refractivity contribution is 5.85. The first kappa shape index (κ1) is 29.4. The van der Waals surface area contributed by atoms with E-state index < -0.39 is 5.41 Å². The maximum atomic E-state index is 10.3. The maximum Gasteiger partial charge on any atom is 0.163 e. The summed E-state index contributed by atoms with van der Waals surface area (Å²) in [6, 6.07) is 14.4. The van der Waals surface area contributed by atoms with E-state index in [0.29, 0.717) is 11.5 Å². The van der Waals surface area contributed by atoms with Gasteiger partial charge >= 0.3 is 0 Å².